The number of hydrogen-bond acceptors (Lipinski definition) is 3. The summed E-state index contributed by atoms with van der Waals surface area (Å²) >= 11 is 0. The number of carbonyl (C=O) groups excluding carboxylic acids is 1. The molecule has 1 heterocycles. The number of pyridine rings is 1. The van der Waals surface area contributed by atoms with Crippen molar-refractivity contribution in [3.63, 3.8) is 0 Å². The highest BCUT2D eigenvalue weighted by Crippen LogP contribution is 2.25. The van der Waals surface area contributed by atoms with Gasteiger partial charge in [0.05, 0.1) is 17.4 Å². The zero-order chi connectivity index (χ0) is 20.1. The van der Waals surface area contributed by atoms with E-state index in [1.54, 1.807) is 12.4 Å². The van der Waals surface area contributed by atoms with Crippen molar-refractivity contribution < 1.29 is 4.79 Å². The summed E-state index contributed by atoms with van der Waals surface area (Å²) in [6.07, 6.45) is 3.39. The quantitative estimate of drug-likeness (QED) is 0.621. The number of nitrogens with one attached hydrogen (secondary N) is 1. The maximum Gasteiger partial charge on any atom is 0.256 e. The Bertz CT molecular complexity index is 931. The van der Waals surface area contributed by atoms with Crippen molar-refractivity contribution in [2.24, 2.45) is 0 Å². The molecule has 0 aliphatic carbocycles. The van der Waals surface area contributed by atoms with Crippen LogP contribution in [-0.2, 0) is 6.54 Å². The molecule has 1 aromatic heterocycles. The summed E-state index contributed by atoms with van der Waals surface area (Å²) in [5.74, 6) is -0.0171. The fourth-order valence-corrected chi connectivity index (χ4v) is 3.22. The number of para-hydroxylation sites is 1. The molecule has 0 fully saturated rings. The number of aromatic nitrogens is 1. The van der Waals surface area contributed by atoms with Crippen molar-refractivity contribution >= 4 is 17.3 Å². The first-order valence-electron chi connectivity index (χ1n) is 9.59. The van der Waals surface area contributed by atoms with Crippen molar-refractivity contribution in [1.29, 1.82) is 0 Å². The molecule has 28 heavy (non-hydrogen) atoms. The van der Waals surface area contributed by atoms with Gasteiger partial charge in [0.15, 0.2) is 0 Å². The van der Waals surface area contributed by atoms with E-state index in [1.807, 2.05) is 61.2 Å². The van der Waals surface area contributed by atoms with Gasteiger partial charge in [0.2, 0.25) is 0 Å². The zero-order valence-electron chi connectivity index (χ0n) is 16.9. The predicted octanol–water partition coefficient (Wildman–Crippen LogP) is 5.49. The van der Waals surface area contributed by atoms with Crippen LogP contribution in [0.3, 0.4) is 0 Å². The van der Waals surface area contributed by atoms with Gasteiger partial charge in [-0.05, 0) is 50.5 Å². The second kappa shape index (κ2) is 8.70. The van der Waals surface area contributed by atoms with Gasteiger partial charge in [-0.25, -0.2) is 0 Å². The Morgan fingerprint density at radius 3 is 2.32 bits per heavy atom. The molecule has 4 nitrogen and oxygen atoms in total. The lowest BCUT2D eigenvalue weighted by Crippen LogP contribution is -2.36. The molecular weight excluding hydrogens is 346 g/mol. The Hall–Kier alpha value is -3.14. The third kappa shape index (κ3) is 4.58. The first kappa shape index (κ1) is 19.6. The molecule has 0 aliphatic rings. The molecule has 0 radical (unpaired) electrons. The van der Waals surface area contributed by atoms with Crippen LogP contribution in [0.15, 0.2) is 67.0 Å². The van der Waals surface area contributed by atoms with Gasteiger partial charge in [0.25, 0.3) is 5.91 Å². The molecule has 0 saturated carbocycles. The molecule has 1 amide bonds. The summed E-state index contributed by atoms with van der Waals surface area (Å²) in [5, 5.41) is 3.42. The normalized spacial score (nSPS) is 10.8. The van der Waals surface area contributed by atoms with Gasteiger partial charge in [-0.3, -0.25) is 9.78 Å². The Morgan fingerprint density at radius 1 is 1.00 bits per heavy atom. The number of aryl methyl sites for hydroxylation is 2. The van der Waals surface area contributed by atoms with Crippen molar-refractivity contribution in [1.82, 2.24) is 9.88 Å². The van der Waals surface area contributed by atoms with E-state index in [1.165, 1.54) is 0 Å². The summed E-state index contributed by atoms with van der Waals surface area (Å²) in [7, 11) is 0. The summed E-state index contributed by atoms with van der Waals surface area (Å²) < 4.78 is 0. The molecule has 2 aromatic carbocycles. The Kier molecular flexibility index (Phi) is 6.09. The number of rotatable bonds is 6. The number of carbonyl (C=O) groups is 1. The highest BCUT2D eigenvalue weighted by molar-refractivity contribution is 5.95. The van der Waals surface area contributed by atoms with Gasteiger partial charge in [0.1, 0.15) is 0 Å². The van der Waals surface area contributed by atoms with Gasteiger partial charge in [-0.2, -0.15) is 0 Å². The zero-order valence-corrected chi connectivity index (χ0v) is 16.9. The van der Waals surface area contributed by atoms with Crippen LogP contribution in [0.25, 0.3) is 0 Å². The van der Waals surface area contributed by atoms with E-state index in [0.29, 0.717) is 12.1 Å². The van der Waals surface area contributed by atoms with Crippen molar-refractivity contribution in [2.45, 2.75) is 40.3 Å². The molecule has 0 saturated heterocycles. The highest BCUT2D eigenvalue weighted by Gasteiger charge is 2.20. The second-order valence-electron chi connectivity index (χ2n) is 7.37. The van der Waals surface area contributed by atoms with Crippen LogP contribution in [0.4, 0.5) is 11.4 Å². The molecule has 144 valence electrons. The molecule has 1 N–H and O–H groups in total. The van der Waals surface area contributed by atoms with Crippen LogP contribution >= 0.6 is 0 Å². The molecule has 0 bridgehead atoms. The molecule has 0 aliphatic heterocycles. The maximum atomic E-state index is 13.2. The number of hydrogen-bond donors (Lipinski definition) is 1. The van der Waals surface area contributed by atoms with Crippen LogP contribution < -0.4 is 5.32 Å². The second-order valence-corrected chi connectivity index (χ2v) is 7.37. The van der Waals surface area contributed by atoms with Gasteiger partial charge in [0, 0.05) is 24.5 Å². The largest absolute Gasteiger partial charge is 0.354 e. The third-order valence-corrected chi connectivity index (χ3v) is 4.82. The van der Waals surface area contributed by atoms with E-state index in [0.717, 1.165) is 28.1 Å². The van der Waals surface area contributed by atoms with E-state index in [9.17, 15) is 4.79 Å². The maximum absolute atomic E-state index is 13.2. The molecular formula is C24H27N3O. The Morgan fingerprint density at radius 2 is 1.68 bits per heavy atom. The van der Waals surface area contributed by atoms with Crippen LogP contribution in [0.2, 0.25) is 0 Å². The van der Waals surface area contributed by atoms with Gasteiger partial charge < -0.3 is 10.2 Å². The van der Waals surface area contributed by atoms with Gasteiger partial charge >= 0.3 is 0 Å². The smallest absolute Gasteiger partial charge is 0.256 e. The lowest BCUT2D eigenvalue weighted by molar-refractivity contribution is 0.0690. The monoisotopic (exact) mass is 373 g/mol. The summed E-state index contributed by atoms with van der Waals surface area (Å²) in [6.45, 7) is 8.78. The van der Waals surface area contributed by atoms with Crippen LogP contribution in [0.1, 0.15) is 40.9 Å². The number of anilines is 2. The van der Waals surface area contributed by atoms with E-state index in [4.69, 9.17) is 0 Å². The first-order chi connectivity index (χ1) is 13.5. The molecule has 4 heteroatoms. The molecule has 0 unspecified atom stereocenters. The lowest BCUT2D eigenvalue weighted by atomic mass is 10.1. The van der Waals surface area contributed by atoms with Gasteiger partial charge in [-0.15, -0.1) is 0 Å². The Balaban J connectivity index is 1.84. The Labute approximate surface area is 167 Å². The predicted molar refractivity (Wildman–Crippen MR) is 115 cm³/mol. The molecule has 0 atom stereocenters. The minimum Gasteiger partial charge on any atom is -0.354 e. The van der Waals surface area contributed by atoms with E-state index in [2.05, 4.69) is 36.3 Å². The number of amides is 1. The SMILES string of the molecule is Cc1cccc(C)c1Nc1cncc(C(=O)N(Cc2ccccc2)C(C)C)c1. The third-order valence-electron chi connectivity index (χ3n) is 4.82. The summed E-state index contributed by atoms with van der Waals surface area (Å²) in [5.41, 5.74) is 5.88. The van der Waals surface area contributed by atoms with Crippen molar-refractivity contribution in [2.75, 3.05) is 5.32 Å². The minimum absolute atomic E-state index is 0.0171. The minimum atomic E-state index is -0.0171. The molecule has 0 spiro atoms. The van der Waals surface area contributed by atoms with Crippen molar-refractivity contribution in [3.8, 4) is 0 Å². The standard InChI is InChI=1S/C24H27N3O/c1-17(2)27(16-20-11-6-5-7-12-20)24(28)21-13-22(15-25-14-21)26-23-18(3)9-8-10-19(23)4/h5-15,17,26H,16H2,1-4H3. The van der Waals surface area contributed by atoms with Crippen molar-refractivity contribution in [3.05, 3.63) is 89.2 Å². The van der Waals surface area contributed by atoms with Crippen LogP contribution in [0.5, 0.6) is 0 Å². The highest BCUT2D eigenvalue weighted by atomic mass is 16.2. The number of benzene rings is 2. The fraction of sp³-hybridized carbons (Fsp3) is 0.250. The average molecular weight is 374 g/mol. The average Bonchev–Trinajstić information content (AvgIpc) is 2.69. The van der Waals surface area contributed by atoms with Gasteiger partial charge in [-0.1, -0.05) is 48.5 Å². The fourth-order valence-electron chi connectivity index (χ4n) is 3.22. The summed E-state index contributed by atoms with van der Waals surface area (Å²) in [4.78, 5) is 19.4. The molecule has 3 aromatic rings. The van der Waals surface area contributed by atoms with E-state index < -0.39 is 0 Å². The van der Waals surface area contributed by atoms with E-state index in [-0.39, 0.29) is 11.9 Å². The van der Waals surface area contributed by atoms with Crippen LogP contribution in [-0.4, -0.2) is 21.8 Å². The topological polar surface area (TPSA) is 45.2 Å². The lowest BCUT2D eigenvalue weighted by Gasteiger charge is -2.27. The molecule has 3 rings (SSSR count). The summed E-state index contributed by atoms with van der Waals surface area (Å²) in [6, 6.07) is 18.2. The van der Waals surface area contributed by atoms with E-state index >= 15 is 0 Å². The van der Waals surface area contributed by atoms with Crippen LogP contribution in [0, 0.1) is 13.8 Å². The number of nitrogens with zero attached hydrogens (tertiary/aromatic N) is 2. The first-order valence-corrected chi connectivity index (χ1v) is 9.59.